The van der Waals surface area contributed by atoms with Crippen molar-refractivity contribution >= 4 is 43.1 Å². The average Bonchev–Trinajstić information content (AvgIpc) is 0.764. The van der Waals surface area contributed by atoms with Crippen molar-refractivity contribution < 1.29 is 0 Å². The Labute approximate surface area is 753 Å². The molecule has 0 unspecified atom stereocenters. The second-order valence-electron chi connectivity index (χ2n) is 31.7. The highest BCUT2D eigenvalue weighted by Crippen LogP contribution is 2.42. The van der Waals surface area contributed by atoms with Crippen molar-refractivity contribution in [2.45, 2.75) is 0 Å². The van der Waals surface area contributed by atoms with Crippen LogP contribution in [0, 0.1) is 0 Å². The predicted molar refractivity (Wildman–Crippen MR) is 534 cm³/mol. The molecule has 610 valence electrons. The lowest BCUT2D eigenvalue weighted by atomic mass is 9.94. The number of hydrogen-bond acceptors (Lipinski definition) is 10. The summed E-state index contributed by atoms with van der Waals surface area (Å²) in [4.78, 5) is 49.6. The van der Waals surface area contributed by atoms with Crippen LogP contribution in [0.15, 0.2) is 486 Å². The second kappa shape index (κ2) is 36.7. The molecule has 10 heteroatoms. The summed E-state index contributed by atoms with van der Waals surface area (Å²) >= 11 is 0. The van der Waals surface area contributed by atoms with Crippen LogP contribution in [0.1, 0.15) is 0 Å². The Bertz CT molecular complexity index is 7590. The Morgan fingerprint density at radius 1 is 0.108 bits per heavy atom. The highest BCUT2D eigenvalue weighted by Gasteiger charge is 2.22. The molecule has 0 saturated heterocycles. The molecule has 4 aromatic heterocycles. The third kappa shape index (κ3) is 17.0. The van der Waals surface area contributed by atoms with E-state index in [4.69, 9.17) is 44.9 Å². The van der Waals surface area contributed by atoms with Crippen LogP contribution in [-0.2, 0) is 0 Å². The van der Waals surface area contributed by atoms with Gasteiger partial charge in [-0.25, -0.2) is 44.9 Å². The summed E-state index contributed by atoms with van der Waals surface area (Å²) in [7, 11) is 0. The van der Waals surface area contributed by atoms with Crippen molar-refractivity contribution in [2.75, 3.05) is 0 Å². The lowest BCUT2D eigenvalue weighted by Gasteiger charge is -2.14. The van der Waals surface area contributed by atoms with E-state index in [0.29, 0.717) is 52.4 Å². The summed E-state index contributed by atoms with van der Waals surface area (Å²) in [5.41, 5.74) is 24.5. The van der Waals surface area contributed by atoms with Crippen LogP contribution in [0.3, 0.4) is 0 Å². The predicted octanol–water partition coefficient (Wildman–Crippen LogP) is 30.3. The molecule has 0 aliphatic heterocycles. The molecule has 10 nitrogen and oxygen atoms in total. The molecule has 0 atom stereocenters. The number of nitrogens with zero attached hydrogens (tertiary/aromatic N) is 10. The Morgan fingerprint density at radius 3 is 0.808 bits per heavy atom. The quantitative estimate of drug-likeness (QED) is 0.0922. The van der Waals surface area contributed by atoms with Crippen molar-refractivity contribution in [3.05, 3.63) is 486 Å². The third-order valence-electron chi connectivity index (χ3n) is 23.5. The van der Waals surface area contributed by atoms with Gasteiger partial charge in [-0.05, 0) is 163 Å². The molecule has 23 rings (SSSR count). The number of fused-ring (bicyclic) bond motifs is 4. The van der Waals surface area contributed by atoms with Crippen molar-refractivity contribution in [3.63, 3.8) is 0 Å². The molecule has 19 aromatic carbocycles. The zero-order valence-corrected chi connectivity index (χ0v) is 70.7. The largest absolute Gasteiger partial charge is 0.265 e. The van der Waals surface area contributed by atoms with Crippen LogP contribution in [-0.4, -0.2) is 49.8 Å². The zero-order valence-electron chi connectivity index (χ0n) is 70.7. The molecule has 0 saturated carbocycles. The molecule has 4 heterocycles. The number of pyridine rings is 1. The van der Waals surface area contributed by atoms with Crippen LogP contribution < -0.4 is 0 Å². The fourth-order valence-electron chi connectivity index (χ4n) is 17.1. The molecule has 23 aromatic rings. The summed E-state index contributed by atoms with van der Waals surface area (Å²) in [6.45, 7) is 0. The first-order valence-electron chi connectivity index (χ1n) is 43.5. The van der Waals surface area contributed by atoms with E-state index in [1.54, 1.807) is 0 Å². The van der Waals surface area contributed by atoms with Gasteiger partial charge in [0.05, 0.1) is 0 Å². The second-order valence-corrected chi connectivity index (χ2v) is 31.7. The van der Waals surface area contributed by atoms with Gasteiger partial charge in [0.1, 0.15) is 0 Å². The summed E-state index contributed by atoms with van der Waals surface area (Å²) in [6.07, 6.45) is 3.63. The van der Waals surface area contributed by atoms with Gasteiger partial charge in [-0.3, -0.25) is 4.98 Å². The first-order chi connectivity index (χ1) is 64.4. The maximum atomic E-state index is 5.20. The lowest BCUT2D eigenvalue weighted by Crippen LogP contribution is -2.02. The van der Waals surface area contributed by atoms with Crippen LogP contribution in [0.2, 0.25) is 0 Å². The Hall–Kier alpha value is -17.6. The van der Waals surface area contributed by atoms with Crippen molar-refractivity contribution in [1.29, 1.82) is 0 Å². The molecule has 0 aliphatic carbocycles. The van der Waals surface area contributed by atoms with Gasteiger partial charge in [-0.1, -0.05) is 431 Å². The first kappa shape index (κ1) is 79.6. The monoisotopic (exact) mass is 1660 g/mol. The SMILES string of the molecule is c1ccc(-c2cc(-c3ccncc3)cc(-c3nc(-c4ccccc4)nc(-c4ccccc4)n3)c2)cc1.c1ccc(-c2cccc(-c3nc(-c4ccccc4-c4ccccc4)nc(-c4ccc(-c5ccccc5)c5ccccc45)n3)c2)cc1.c1ccc2c(-c3ccc(-c4nc(-c5ccc(-c6cccc7ccccc67)cc5)nc(-c5cccc6ccccc56)n4)cc3)cccc2c1. The molecular weight excluding hydrogens is 1580 g/mol. The molecule has 0 radical (unpaired) electrons. The molecule has 0 fully saturated rings. The van der Waals surface area contributed by atoms with Crippen LogP contribution >= 0.6 is 0 Å². The summed E-state index contributed by atoms with van der Waals surface area (Å²) in [5.74, 6) is 5.79. The van der Waals surface area contributed by atoms with Gasteiger partial charge >= 0.3 is 0 Å². The summed E-state index contributed by atoms with van der Waals surface area (Å²) < 4.78 is 0. The highest BCUT2D eigenvalue weighted by molar-refractivity contribution is 6.05. The minimum atomic E-state index is 0.635. The first-order valence-corrected chi connectivity index (χ1v) is 43.5. The van der Waals surface area contributed by atoms with Gasteiger partial charge in [0, 0.05) is 62.5 Å². The third-order valence-corrected chi connectivity index (χ3v) is 23.5. The fourth-order valence-corrected chi connectivity index (χ4v) is 17.1. The van der Waals surface area contributed by atoms with Gasteiger partial charge in [-0.2, -0.15) is 0 Å². The summed E-state index contributed by atoms with van der Waals surface area (Å²) in [6, 6.07) is 164. The minimum Gasteiger partial charge on any atom is -0.265 e. The molecule has 0 bridgehead atoms. The molecule has 0 spiro atoms. The molecular formula is C120H80N10. The normalized spacial score (nSPS) is 11.1. The maximum Gasteiger partial charge on any atom is 0.164 e. The van der Waals surface area contributed by atoms with Gasteiger partial charge < -0.3 is 0 Å². The van der Waals surface area contributed by atoms with Gasteiger partial charge in [0.15, 0.2) is 52.4 Å². The van der Waals surface area contributed by atoms with Crippen molar-refractivity contribution in [1.82, 2.24) is 49.8 Å². The number of rotatable bonds is 16. The number of hydrogen-bond donors (Lipinski definition) is 0. The van der Waals surface area contributed by atoms with Gasteiger partial charge in [-0.15, -0.1) is 0 Å². The van der Waals surface area contributed by atoms with Crippen LogP contribution in [0.5, 0.6) is 0 Å². The Kier molecular flexibility index (Phi) is 22.5. The van der Waals surface area contributed by atoms with E-state index in [9.17, 15) is 0 Å². The average molecular weight is 1660 g/mol. The Balaban J connectivity index is 0.000000119. The summed E-state index contributed by atoms with van der Waals surface area (Å²) in [5, 5.41) is 9.45. The van der Waals surface area contributed by atoms with E-state index in [-0.39, 0.29) is 0 Å². The molecule has 0 amide bonds. The number of aromatic nitrogens is 10. The molecule has 130 heavy (non-hydrogen) atoms. The van der Waals surface area contributed by atoms with Crippen LogP contribution in [0.25, 0.3) is 223 Å². The Morgan fingerprint density at radius 2 is 0.338 bits per heavy atom. The van der Waals surface area contributed by atoms with E-state index in [1.807, 2.05) is 116 Å². The van der Waals surface area contributed by atoms with Crippen molar-refractivity contribution in [3.8, 4) is 180 Å². The van der Waals surface area contributed by atoms with Gasteiger partial charge in [0.2, 0.25) is 0 Å². The fraction of sp³-hybridized carbons (Fsp3) is 0. The topological polar surface area (TPSA) is 129 Å². The highest BCUT2D eigenvalue weighted by atomic mass is 15.1. The van der Waals surface area contributed by atoms with E-state index >= 15 is 0 Å². The number of benzene rings is 19. The lowest BCUT2D eigenvalue weighted by molar-refractivity contribution is 1.07. The standard InChI is InChI=1S/C45H29N3.C43H29N3.C32H22N4/c1-4-16-37-30(10-1)13-7-19-39(37)33-22-26-35(27-23-33)43-46-44(48-45(47-43)42-21-9-15-32-12-3-6-18-41(32)42)36-28-24-34(25-29-36)40-20-8-14-31-11-2-5-17-38(31)40;1-4-15-30(16-5-1)33-21-14-22-34(29-33)41-44-42(39-26-13-10-23-35(39)31-17-6-2-7-18-31)46-43(45-41)40-28-27-36(32-19-8-3-9-20-32)37-24-11-12-25-38(37)40;1-4-10-23(11-5-1)27-20-28(24-16-18-33-19-17-24)22-29(21-27)32-35-30(25-12-6-2-7-13-25)34-31(36-32)26-14-8-3-9-15-26/h1-29H;1-29H;1-22H. The van der Waals surface area contributed by atoms with Crippen LogP contribution in [0.4, 0.5) is 0 Å². The van der Waals surface area contributed by atoms with E-state index < -0.39 is 0 Å². The van der Waals surface area contributed by atoms with E-state index in [0.717, 1.165) is 127 Å². The molecule has 0 N–H and O–H groups in total. The molecule has 0 aliphatic rings. The van der Waals surface area contributed by atoms with E-state index in [1.165, 1.54) is 43.8 Å². The van der Waals surface area contributed by atoms with Crippen molar-refractivity contribution in [2.24, 2.45) is 0 Å². The maximum absolute atomic E-state index is 5.20. The van der Waals surface area contributed by atoms with E-state index in [2.05, 4.69) is 375 Å². The smallest absolute Gasteiger partial charge is 0.164 e. The van der Waals surface area contributed by atoms with Gasteiger partial charge in [0.25, 0.3) is 0 Å². The zero-order chi connectivity index (χ0) is 86.7. The minimum absolute atomic E-state index is 0.635.